The van der Waals surface area contributed by atoms with Crippen LogP contribution < -0.4 is 4.74 Å². The summed E-state index contributed by atoms with van der Waals surface area (Å²) in [6.45, 7) is 0. The Bertz CT molecular complexity index is 804. The molecule has 2 aromatic carbocycles. The van der Waals surface area contributed by atoms with Crippen LogP contribution in [0.3, 0.4) is 0 Å². The highest BCUT2D eigenvalue weighted by molar-refractivity contribution is 7.71. The standard InChI is InChI=1S/C16H13ClN2OS/c1-20-14-8-2-11(3-9-14)15-10-18-16(21)19(15)13-6-4-12(17)5-7-13/h2-10H,1H3,(H,18,21). The van der Waals surface area contributed by atoms with Gasteiger partial charge in [0.2, 0.25) is 0 Å². The van der Waals surface area contributed by atoms with Crippen molar-refractivity contribution in [3.63, 3.8) is 0 Å². The number of rotatable bonds is 3. The number of aromatic nitrogens is 2. The van der Waals surface area contributed by atoms with Crippen LogP contribution in [0.5, 0.6) is 5.75 Å². The van der Waals surface area contributed by atoms with Crippen LogP contribution in [0.1, 0.15) is 0 Å². The van der Waals surface area contributed by atoms with Gasteiger partial charge >= 0.3 is 0 Å². The molecule has 1 heterocycles. The summed E-state index contributed by atoms with van der Waals surface area (Å²) in [5, 5.41) is 0.701. The Hall–Kier alpha value is -2.04. The number of nitrogens with one attached hydrogen (secondary N) is 1. The number of methoxy groups -OCH3 is 1. The summed E-state index contributed by atoms with van der Waals surface area (Å²) in [7, 11) is 1.65. The van der Waals surface area contributed by atoms with Gasteiger partial charge in [0.15, 0.2) is 4.77 Å². The number of imidazole rings is 1. The molecule has 3 rings (SSSR count). The van der Waals surface area contributed by atoms with E-state index in [0.717, 1.165) is 22.7 Å². The fourth-order valence-electron chi connectivity index (χ4n) is 2.19. The summed E-state index contributed by atoms with van der Waals surface area (Å²) in [6, 6.07) is 15.5. The maximum absolute atomic E-state index is 5.95. The highest BCUT2D eigenvalue weighted by Gasteiger charge is 2.09. The lowest BCUT2D eigenvalue weighted by atomic mass is 10.1. The molecule has 0 atom stereocenters. The predicted molar refractivity (Wildman–Crippen MR) is 88.0 cm³/mol. The van der Waals surface area contributed by atoms with Crippen molar-refractivity contribution >= 4 is 23.8 Å². The average Bonchev–Trinajstić information content (AvgIpc) is 2.90. The van der Waals surface area contributed by atoms with E-state index in [0.29, 0.717) is 9.79 Å². The third-order valence-electron chi connectivity index (χ3n) is 3.25. The maximum Gasteiger partial charge on any atom is 0.182 e. The Morgan fingerprint density at radius 1 is 1.05 bits per heavy atom. The molecule has 3 aromatic rings. The minimum absolute atomic E-state index is 0.642. The number of benzene rings is 2. The molecular weight excluding hydrogens is 304 g/mol. The first-order valence-electron chi connectivity index (χ1n) is 6.40. The topological polar surface area (TPSA) is 29.9 Å². The lowest BCUT2D eigenvalue weighted by molar-refractivity contribution is 0.415. The van der Waals surface area contributed by atoms with Gasteiger partial charge < -0.3 is 9.72 Å². The quantitative estimate of drug-likeness (QED) is 0.699. The second-order valence-corrected chi connectivity index (χ2v) is 5.34. The molecule has 21 heavy (non-hydrogen) atoms. The number of hydrogen-bond donors (Lipinski definition) is 1. The van der Waals surface area contributed by atoms with Crippen LogP contribution in [-0.4, -0.2) is 16.7 Å². The fourth-order valence-corrected chi connectivity index (χ4v) is 2.58. The minimum atomic E-state index is 0.642. The van der Waals surface area contributed by atoms with E-state index in [4.69, 9.17) is 28.6 Å². The van der Waals surface area contributed by atoms with Crippen molar-refractivity contribution in [2.45, 2.75) is 0 Å². The first-order valence-corrected chi connectivity index (χ1v) is 7.18. The zero-order chi connectivity index (χ0) is 14.8. The van der Waals surface area contributed by atoms with Crippen molar-refractivity contribution in [1.82, 2.24) is 9.55 Å². The van der Waals surface area contributed by atoms with E-state index < -0.39 is 0 Å². The van der Waals surface area contributed by atoms with Gasteiger partial charge in [0, 0.05) is 22.5 Å². The summed E-state index contributed by atoms with van der Waals surface area (Å²) >= 11 is 11.3. The zero-order valence-electron chi connectivity index (χ0n) is 11.3. The van der Waals surface area contributed by atoms with Crippen LogP contribution in [0.15, 0.2) is 54.7 Å². The van der Waals surface area contributed by atoms with Gasteiger partial charge in [0.05, 0.1) is 12.8 Å². The fraction of sp³-hybridized carbons (Fsp3) is 0.0625. The molecule has 3 nitrogen and oxygen atoms in total. The molecule has 0 aliphatic heterocycles. The lowest BCUT2D eigenvalue weighted by Gasteiger charge is -2.09. The van der Waals surface area contributed by atoms with Crippen LogP contribution in [-0.2, 0) is 0 Å². The van der Waals surface area contributed by atoms with Crippen LogP contribution in [0.4, 0.5) is 0 Å². The van der Waals surface area contributed by atoms with Crippen LogP contribution in [0.25, 0.3) is 16.9 Å². The van der Waals surface area contributed by atoms with E-state index in [-0.39, 0.29) is 0 Å². The number of aromatic amines is 1. The van der Waals surface area contributed by atoms with Crippen molar-refractivity contribution in [2.24, 2.45) is 0 Å². The number of ether oxygens (including phenoxy) is 1. The summed E-state index contributed by atoms with van der Waals surface area (Å²) in [6.07, 6.45) is 1.90. The summed E-state index contributed by atoms with van der Waals surface area (Å²) in [5.74, 6) is 0.825. The predicted octanol–water partition coefficient (Wildman–Crippen LogP) is 4.86. The molecule has 0 saturated heterocycles. The Balaban J connectivity index is 2.11. The number of halogens is 1. The minimum Gasteiger partial charge on any atom is -0.497 e. The van der Waals surface area contributed by atoms with Gasteiger partial charge in [0.1, 0.15) is 5.75 Å². The number of nitrogens with zero attached hydrogens (tertiary/aromatic N) is 1. The van der Waals surface area contributed by atoms with Crippen molar-refractivity contribution in [2.75, 3.05) is 7.11 Å². The van der Waals surface area contributed by atoms with Gasteiger partial charge in [-0.1, -0.05) is 11.6 Å². The van der Waals surface area contributed by atoms with Crippen molar-refractivity contribution in [1.29, 1.82) is 0 Å². The largest absolute Gasteiger partial charge is 0.497 e. The van der Waals surface area contributed by atoms with Gasteiger partial charge in [-0.15, -0.1) is 0 Å². The second kappa shape index (κ2) is 5.76. The second-order valence-electron chi connectivity index (χ2n) is 4.52. The van der Waals surface area contributed by atoms with Crippen molar-refractivity contribution in [3.05, 3.63) is 64.5 Å². The summed E-state index contributed by atoms with van der Waals surface area (Å²) in [4.78, 5) is 3.09. The average molecular weight is 317 g/mol. The van der Waals surface area contributed by atoms with Gasteiger partial charge in [-0.05, 0) is 60.7 Å². The van der Waals surface area contributed by atoms with Gasteiger partial charge in [-0.25, -0.2) is 0 Å². The zero-order valence-corrected chi connectivity index (χ0v) is 12.9. The summed E-state index contributed by atoms with van der Waals surface area (Å²) < 4.78 is 7.81. The Morgan fingerprint density at radius 2 is 1.71 bits per heavy atom. The molecule has 0 fully saturated rings. The molecule has 0 aliphatic rings. The highest BCUT2D eigenvalue weighted by Crippen LogP contribution is 2.26. The first kappa shape index (κ1) is 13.9. The molecule has 1 N–H and O–H groups in total. The molecule has 106 valence electrons. The van der Waals surface area contributed by atoms with E-state index in [1.807, 2.05) is 59.3 Å². The van der Waals surface area contributed by atoms with E-state index in [9.17, 15) is 0 Å². The Morgan fingerprint density at radius 3 is 2.33 bits per heavy atom. The molecule has 1 aromatic heterocycles. The van der Waals surface area contributed by atoms with E-state index >= 15 is 0 Å². The van der Waals surface area contributed by atoms with Gasteiger partial charge in [-0.2, -0.15) is 0 Å². The van der Waals surface area contributed by atoms with Gasteiger partial charge in [0.25, 0.3) is 0 Å². The van der Waals surface area contributed by atoms with Gasteiger partial charge in [-0.3, -0.25) is 4.57 Å². The molecule has 0 unspecified atom stereocenters. The highest BCUT2D eigenvalue weighted by atomic mass is 35.5. The SMILES string of the molecule is COc1ccc(-c2c[nH]c(=S)n2-c2ccc(Cl)cc2)cc1. The van der Waals surface area contributed by atoms with Crippen LogP contribution in [0, 0.1) is 4.77 Å². The maximum atomic E-state index is 5.95. The van der Waals surface area contributed by atoms with Crippen LogP contribution in [0.2, 0.25) is 5.02 Å². The Labute approximate surface area is 132 Å². The number of H-pyrrole nitrogens is 1. The molecule has 0 radical (unpaired) electrons. The monoisotopic (exact) mass is 316 g/mol. The molecular formula is C16H13ClN2OS. The smallest absolute Gasteiger partial charge is 0.182 e. The normalized spacial score (nSPS) is 10.6. The molecule has 0 spiro atoms. The van der Waals surface area contributed by atoms with E-state index in [2.05, 4.69) is 4.98 Å². The first-order chi connectivity index (χ1) is 10.2. The summed E-state index contributed by atoms with van der Waals surface area (Å²) in [5.41, 5.74) is 3.01. The lowest BCUT2D eigenvalue weighted by Crippen LogP contribution is -1.96. The molecule has 5 heteroatoms. The molecule has 0 aliphatic carbocycles. The third kappa shape index (κ3) is 2.73. The number of hydrogen-bond acceptors (Lipinski definition) is 2. The van der Waals surface area contributed by atoms with E-state index in [1.54, 1.807) is 7.11 Å². The van der Waals surface area contributed by atoms with Crippen LogP contribution >= 0.6 is 23.8 Å². The van der Waals surface area contributed by atoms with Crippen molar-refractivity contribution < 1.29 is 4.74 Å². The molecule has 0 saturated carbocycles. The third-order valence-corrected chi connectivity index (χ3v) is 3.80. The van der Waals surface area contributed by atoms with Crippen molar-refractivity contribution in [3.8, 4) is 22.7 Å². The Kier molecular flexibility index (Phi) is 3.82. The molecule has 0 bridgehead atoms. The van der Waals surface area contributed by atoms with E-state index in [1.165, 1.54) is 0 Å². The molecule has 0 amide bonds.